The largest absolute Gasteiger partial charge is 0.494 e. The first-order valence-electron chi connectivity index (χ1n) is 8.14. The zero-order valence-electron chi connectivity index (χ0n) is 14.1. The van der Waals surface area contributed by atoms with Crippen molar-refractivity contribution in [3.8, 4) is 5.75 Å². The Balaban J connectivity index is 1.80. The Morgan fingerprint density at radius 2 is 2.00 bits per heavy atom. The van der Waals surface area contributed by atoms with E-state index in [1.807, 2.05) is 24.3 Å². The minimum absolute atomic E-state index is 0.203. The van der Waals surface area contributed by atoms with Gasteiger partial charge in [0.05, 0.1) is 12.8 Å². The van der Waals surface area contributed by atoms with Crippen molar-refractivity contribution in [1.29, 1.82) is 0 Å². The van der Waals surface area contributed by atoms with Gasteiger partial charge in [-0.1, -0.05) is 26.2 Å². The van der Waals surface area contributed by atoms with E-state index >= 15 is 0 Å². The number of aromatic nitrogens is 3. The first-order valence-corrected chi connectivity index (χ1v) is 8.14. The van der Waals surface area contributed by atoms with Gasteiger partial charge in [0.1, 0.15) is 11.4 Å². The SMILES string of the molecule is CCCCCCOc1ccc(/C=N/Nc2nnc(C)c(=O)[nH]2)cc1. The van der Waals surface area contributed by atoms with Crippen molar-refractivity contribution in [2.24, 2.45) is 5.10 Å². The Bertz CT molecular complexity index is 710. The van der Waals surface area contributed by atoms with Crippen LogP contribution < -0.4 is 15.7 Å². The number of unbranched alkanes of at least 4 members (excludes halogenated alkanes) is 3. The van der Waals surface area contributed by atoms with Crippen LogP contribution in [-0.4, -0.2) is 28.0 Å². The molecule has 0 spiro atoms. The topological polar surface area (TPSA) is 92.3 Å². The summed E-state index contributed by atoms with van der Waals surface area (Å²) in [6.07, 6.45) is 6.39. The molecule has 0 aliphatic heterocycles. The van der Waals surface area contributed by atoms with E-state index in [0.717, 1.165) is 24.3 Å². The molecule has 7 heteroatoms. The molecule has 0 fully saturated rings. The molecule has 2 rings (SSSR count). The van der Waals surface area contributed by atoms with Gasteiger partial charge in [0, 0.05) is 0 Å². The predicted octanol–water partition coefficient (Wildman–Crippen LogP) is 2.88. The first kappa shape index (κ1) is 17.7. The van der Waals surface area contributed by atoms with Gasteiger partial charge in [-0.2, -0.15) is 5.10 Å². The second-order valence-electron chi connectivity index (χ2n) is 5.44. The normalized spacial score (nSPS) is 10.9. The molecule has 0 unspecified atom stereocenters. The van der Waals surface area contributed by atoms with Gasteiger partial charge in [0.25, 0.3) is 5.56 Å². The number of benzene rings is 1. The van der Waals surface area contributed by atoms with Gasteiger partial charge in [-0.05, 0) is 43.2 Å². The lowest BCUT2D eigenvalue weighted by Gasteiger charge is -2.05. The molecule has 128 valence electrons. The van der Waals surface area contributed by atoms with Crippen LogP contribution in [0.15, 0.2) is 34.2 Å². The lowest BCUT2D eigenvalue weighted by Crippen LogP contribution is -2.15. The highest BCUT2D eigenvalue weighted by Crippen LogP contribution is 2.12. The molecule has 2 N–H and O–H groups in total. The summed E-state index contributed by atoms with van der Waals surface area (Å²) < 4.78 is 5.69. The summed E-state index contributed by atoms with van der Waals surface area (Å²) in [5, 5.41) is 11.5. The van der Waals surface area contributed by atoms with Gasteiger partial charge >= 0.3 is 0 Å². The number of aryl methyl sites for hydroxylation is 1. The summed E-state index contributed by atoms with van der Waals surface area (Å²) in [5.74, 6) is 1.05. The molecule has 2 aromatic rings. The van der Waals surface area contributed by atoms with Crippen molar-refractivity contribution in [2.75, 3.05) is 12.0 Å². The van der Waals surface area contributed by atoms with Crippen LogP contribution in [0.2, 0.25) is 0 Å². The molecule has 0 radical (unpaired) electrons. The van der Waals surface area contributed by atoms with Gasteiger partial charge in [0.15, 0.2) is 0 Å². The average Bonchev–Trinajstić information content (AvgIpc) is 2.59. The van der Waals surface area contributed by atoms with E-state index in [0.29, 0.717) is 5.69 Å². The predicted molar refractivity (Wildman–Crippen MR) is 94.7 cm³/mol. The molecule has 0 saturated heterocycles. The number of nitrogens with one attached hydrogen (secondary N) is 2. The number of anilines is 1. The Morgan fingerprint density at radius 3 is 2.71 bits per heavy atom. The minimum atomic E-state index is -0.289. The summed E-state index contributed by atoms with van der Waals surface area (Å²) in [6.45, 7) is 4.53. The highest BCUT2D eigenvalue weighted by molar-refractivity contribution is 5.80. The molecule has 0 amide bonds. The van der Waals surface area contributed by atoms with E-state index < -0.39 is 0 Å². The molecule has 0 aliphatic rings. The number of hydrogen-bond donors (Lipinski definition) is 2. The Kier molecular flexibility index (Phi) is 6.94. The quantitative estimate of drug-likeness (QED) is 0.419. The van der Waals surface area contributed by atoms with Gasteiger partial charge < -0.3 is 4.74 Å². The van der Waals surface area contributed by atoms with Crippen LogP contribution in [0, 0.1) is 6.92 Å². The van der Waals surface area contributed by atoms with E-state index in [1.165, 1.54) is 19.3 Å². The summed E-state index contributed by atoms with van der Waals surface area (Å²) >= 11 is 0. The zero-order valence-corrected chi connectivity index (χ0v) is 14.1. The average molecular weight is 329 g/mol. The van der Waals surface area contributed by atoms with Crippen molar-refractivity contribution >= 4 is 12.2 Å². The van der Waals surface area contributed by atoms with Crippen LogP contribution in [-0.2, 0) is 0 Å². The van der Waals surface area contributed by atoms with Crippen LogP contribution >= 0.6 is 0 Å². The van der Waals surface area contributed by atoms with Crippen molar-refractivity contribution in [2.45, 2.75) is 39.5 Å². The molecule has 24 heavy (non-hydrogen) atoms. The van der Waals surface area contributed by atoms with Crippen molar-refractivity contribution < 1.29 is 4.74 Å². The van der Waals surface area contributed by atoms with Gasteiger partial charge in [-0.15, -0.1) is 10.2 Å². The van der Waals surface area contributed by atoms with E-state index in [1.54, 1.807) is 13.1 Å². The van der Waals surface area contributed by atoms with Crippen LogP contribution in [0.1, 0.15) is 43.9 Å². The molecule has 0 bridgehead atoms. The molecule has 0 saturated carbocycles. The van der Waals surface area contributed by atoms with E-state index in [9.17, 15) is 4.79 Å². The molecule has 0 aliphatic carbocycles. The minimum Gasteiger partial charge on any atom is -0.494 e. The molecule has 1 heterocycles. The van der Waals surface area contributed by atoms with E-state index in [2.05, 4.69) is 32.6 Å². The number of H-pyrrole nitrogens is 1. The molecule has 1 aromatic carbocycles. The lowest BCUT2D eigenvalue weighted by atomic mass is 10.2. The maximum absolute atomic E-state index is 11.4. The fourth-order valence-electron chi connectivity index (χ4n) is 1.98. The van der Waals surface area contributed by atoms with Crippen molar-refractivity contribution in [3.63, 3.8) is 0 Å². The third-order valence-electron chi connectivity index (χ3n) is 3.39. The number of ether oxygens (including phenoxy) is 1. The van der Waals surface area contributed by atoms with Crippen LogP contribution in [0.25, 0.3) is 0 Å². The number of hydrazone groups is 1. The Labute approximate surface area is 141 Å². The number of nitrogens with zero attached hydrogens (tertiary/aromatic N) is 3. The third-order valence-corrected chi connectivity index (χ3v) is 3.39. The lowest BCUT2D eigenvalue weighted by molar-refractivity contribution is 0.305. The molecular weight excluding hydrogens is 306 g/mol. The third kappa shape index (κ3) is 5.83. The Hall–Kier alpha value is -2.70. The number of aromatic amines is 1. The first-order chi connectivity index (χ1) is 11.7. The second kappa shape index (κ2) is 9.44. The molecule has 1 aromatic heterocycles. The Morgan fingerprint density at radius 1 is 1.21 bits per heavy atom. The maximum atomic E-state index is 11.4. The van der Waals surface area contributed by atoms with Crippen LogP contribution in [0.4, 0.5) is 5.95 Å². The number of rotatable bonds is 9. The highest BCUT2D eigenvalue weighted by Gasteiger charge is 1.98. The smallest absolute Gasteiger partial charge is 0.274 e. The summed E-state index contributed by atoms with van der Waals surface area (Å²) in [4.78, 5) is 13.9. The standard InChI is InChI=1S/C17H23N5O2/c1-3-4-5-6-11-24-15-9-7-14(8-10-15)12-18-21-17-19-16(23)13(2)20-22-17/h7-10,12H,3-6,11H2,1-2H3,(H2,19,21,22,23)/b18-12+. The van der Waals surface area contributed by atoms with E-state index in [4.69, 9.17) is 4.74 Å². The summed E-state index contributed by atoms with van der Waals surface area (Å²) in [7, 11) is 0. The van der Waals surface area contributed by atoms with Crippen molar-refractivity contribution in [1.82, 2.24) is 15.2 Å². The summed E-state index contributed by atoms with van der Waals surface area (Å²) in [6, 6.07) is 7.65. The molecular formula is C17H23N5O2. The molecule has 7 nitrogen and oxygen atoms in total. The van der Waals surface area contributed by atoms with Gasteiger partial charge in [-0.3, -0.25) is 9.78 Å². The second-order valence-corrected chi connectivity index (χ2v) is 5.44. The zero-order chi connectivity index (χ0) is 17.2. The van der Waals surface area contributed by atoms with Gasteiger partial charge in [-0.25, -0.2) is 5.43 Å². The van der Waals surface area contributed by atoms with Crippen LogP contribution in [0.5, 0.6) is 5.75 Å². The monoisotopic (exact) mass is 329 g/mol. The van der Waals surface area contributed by atoms with E-state index in [-0.39, 0.29) is 11.5 Å². The number of hydrogen-bond acceptors (Lipinski definition) is 6. The fraction of sp³-hybridized carbons (Fsp3) is 0.412. The van der Waals surface area contributed by atoms with Crippen LogP contribution in [0.3, 0.4) is 0 Å². The van der Waals surface area contributed by atoms with Crippen molar-refractivity contribution in [3.05, 3.63) is 45.9 Å². The van der Waals surface area contributed by atoms with Gasteiger partial charge in [0.2, 0.25) is 5.95 Å². The summed E-state index contributed by atoms with van der Waals surface area (Å²) in [5.41, 5.74) is 3.57. The highest BCUT2D eigenvalue weighted by atomic mass is 16.5. The molecule has 0 atom stereocenters. The maximum Gasteiger partial charge on any atom is 0.274 e. The fourth-order valence-corrected chi connectivity index (χ4v) is 1.98.